The molecule has 1 aliphatic carbocycles. The molecule has 1 aliphatic rings. The third-order valence-corrected chi connectivity index (χ3v) is 8.02. The van der Waals surface area contributed by atoms with Gasteiger partial charge in [-0.2, -0.15) is 0 Å². The van der Waals surface area contributed by atoms with Gasteiger partial charge in [-0.1, -0.05) is 92.7 Å². The molecule has 0 heterocycles. The van der Waals surface area contributed by atoms with E-state index in [1.54, 1.807) is 20.8 Å². The smallest absolute Gasteiger partial charge is 0.407 e. The van der Waals surface area contributed by atoms with E-state index in [-0.39, 0.29) is 25.0 Å². The Bertz CT molecular complexity index is 1360. The molecule has 0 aliphatic heterocycles. The van der Waals surface area contributed by atoms with Crippen molar-refractivity contribution in [3.8, 4) is 11.1 Å². The Balaban J connectivity index is 1.50. The van der Waals surface area contributed by atoms with E-state index in [2.05, 4.69) is 22.8 Å². The number of benzene rings is 3. The summed E-state index contributed by atoms with van der Waals surface area (Å²) in [6.45, 7) is 8.86. The van der Waals surface area contributed by atoms with Crippen molar-refractivity contribution in [3.05, 3.63) is 95.6 Å². The summed E-state index contributed by atoms with van der Waals surface area (Å²) in [5, 5.41) is 15.4. The lowest BCUT2D eigenvalue weighted by Crippen LogP contribution is -2.59. The van der Waals surface area contributed by atoms with E-state index in [9.17, 15) is 19.5 Å². The maximum absolute atomic E-state index is 13.6. The number of rotatable bonds is 12. The quantitative estimate of drug-likeness (QED) is 0.255. The summed E-state index contributed by atoms with van der Waals surface area (Å²) < 4.78 is 11.7. The van der Waals surface area contributed by atoms with Gasteiger partial charge >= 0.3 is 12.1 Å². The van der Waals surface area contributed by atoms with Gasteiger partial charge in [0.25, 0.3) is 0 Å². The molecule has 4 rings (SSSR count). The fraction of sp³-hybridized carbons (Fsp3) is 0.382. The minimum absolute atomic E-state index is 0.0914. The van der Waals surface area contributed by atoms with E-state index < -0.39 is 41.6 Å². The second-order valence-electron chi connectivity index (χ2n) is 11.7. The van der Waals surface area contributed by atoms with Crippen molar-refractivity contribution in [2.45, 2.75) is 65.3 Å². The summed E-state index contributed by atoms with van der Waals surface area (Å²) in [5.41, 5.74) is 4.06. The zero-order chi connectivity index (χ0) is 30.4. The number of carbonyl (C=O) groups excluding carboxylic acids is 2. The molecular weight excluding hydrogens is 532 g/mol. The first-order valence-corrected chi connectivity index (χ1v) is 14.3. The summed E-state index contributed by atoms with van der Waals surface area (Å²) in [7, 11) is 0. The molecule has 8 nitrogen and oxygen atoms in total. The van der Waals surface area contributed by atoms with Crippen LogP contribution in [0.2, 0.25) is 0 Å². The van der Waals surface area contributed by atoms with Crippen LogP contribution in [0.15, 0.2) is 78.9 Å². The highest BCUT2D eigenvalue weighted by Gasteiger charge is 2.41. The summed E-state index contributed by atoms with van der Waals surface area (Å²) in [4.78, 5) is 38.8. The highest BCUT2D eigenvalue weighted by molar-refractivity contribution is 5.87. The summed E-state index contributed by atoms with van der Waals surface area (Å²) in [6.07, 6.45) is -1.50. The van der Waals surface area contributed by atoms with Crippen LogP contribution in [0.1, 0.15) is 57.2 Å². The summed E-state index contributed by atoms with van der Waals surface area (Å²) in [5.74, 6) is -1.90. The molecule has 3 aromatic rings. The molecule has 3 atom stereocenters. The first-order chi connectivity index (χ1) is 20.0. The van der Waals surface area contributed by atoms with Gasteiger partial charge in [0.1, 0.15) is 12.6 Å². The number of ether oxygens (including phenoxy) is 2. The fourth-order valence-corrected chi connectivity index (χ4v) is 5.62. The van der Waals surface area contributed by atoms with Gasteiger partial charge in [0, 0.05) is 12.0 Å². The lowest BCUT2D eigenvalue weighted by molar-refractivity contribution is -0.150. The zero-order valence-corrected chi connectivity index (χ0v) is 24.8. The second-order valence-corrected chi connectivity index (χ2v) is 11.7. The maximum atomic E-state index is 13.6. The average Bonchev–Trinajstić information content (AvgIpc) is 3.30. The molecule has 8 heteroatoms. The molecule has 0 bridgehead atoms. The van der Waals surface area contributed by atoms with Crippen molar-refractivity contribution in [2.24, 2.45) is 11.3 Å². The van der Waals surface area contributed by atoms with Crippen LogP contribution >= 0.6 is 0 Å². The van der Waals surface area contributed by atoms with Crippen molar-refractivity contribution in [2.75, 3.05) is 6.61 Å². The first kappa shape index (κ1) is 30.8. The summed E-state index contributed by atoms with van der Waals surface area (Å²) in [6, 6.07) is 23.8. The van der Waals surface area contributed by atoms with Crippen LogP contribution in [0.5, 0.6) is 0 Å². The van der Waals surface area contributed by atoms with Gasteiger partial charge in [-0.25, -0.2) is 4.79 Å². The average molecular weight is 573 g/mol. The number of aliphatic carboxylic acids is 1. The highest BCUT2D eigenvalue weighted by Crippen LogP contribution is 2.44. The Morgan fingerprint density at radius 1 is 0.833 bits per heavy atom. The van der Waals surface area contributed by atoms with Crippen LogP contribution in [-0.2, 0) is 25.7 Å². The van der Waals surface area contributed by atoms with E-state index in [4.69, 9.17) is 9.47 Å². The van der Waals surface area contributed by atoms with E-state index >= 15 is 0 Å². The molecular formula is C34H40N2O6. The largest absolute Gasteiger partial charge is 0.481 e. The number of nitrogens with one attached hydrogen (secondary N) is 2. The van der Waals surface area contributed by atoms with Crippen molar-refractivity contribution in [1.82, 2.24) is 10.6 Å². The van der Waals surface area contributed by atoms with Crippen LogP contribution < -0.4 is 10.6 Å². The number of alkyl carbamates (subject to hydrolysis) is 1. The minimum atomic E-state index is -1.24. The zero-order valence-electron chi connectivity index (χ0n) is 24.8. The molecule has 42 heavy (non-hydrogen) atoms. The minimum Gasteiger partial charge on any atom is -0.481 e. The lowest BCUT2D eigenvalue weighted by Gasteiger charge is -2.36. The number of carboxylic acids is 1. The number of hydrogen-bond donors (Lipinski definition) is 3. The van der Waals surface area contributed by atoms with E-state index in [0.29, 0.717) is 0 Å². The topological polar surface area (TPSA) is 114 Å². The predicted octanol–water partition coefficient (Wildman–Crippen LogP) is 5.75. The third kappa shape index (κ3) is 6.82. The Kier molecular flexibility index (Phi) is 9.68. The van der Waals surface area contributed by atoms with Crippen LogP contribution in [0.25, 0.3) is 11.1 Å². The van der Waals surface area contributed by atoms with Gasteiger partial charge in [0.2, 0.25) is 5.91 Å². The number of carboxylic acid groups (broad SMARTS) is 1. The monoisotopic (exact) mass is 572 g/mol. The first-order valence-electron chi connectivity index (χ1n) is 14.3. The van der Waals surface area contributed by atoms with E-state index in [1.807, 2.05) is 80.6 Å². The SMILES string of the molecule is CC(C)C(NC(=O)[C@H](NC(=O)OCC1c2ccccc2-c2ccccc21)[C@H](C)OCc1ccccc1)C(C)(C)C(=O)O. The Morgan fingerprint density at radius 2 is 1.38 bits per heavy atom. The second kappa shape index (κ2) is 13.2. The van der Waals surface area contributed by atoms with Gasteiger partial charge in [-0.3, -0.25) is 9.59 Å². The molecule has 0 saturated heterocycles. The van der Waals surface area contributed by atoms with Crippen LogP contribution in [0.3, 0.4) is 0 Å². The Labute approximate surface area is 247 Å². The summed E-state index contributed by atoms with van der Waals surface area (Å²) >= 11 is 0. The van der Waals surface area contributed by atoms with Gasteiger partial charge in [0.05, 0.1) is 18.1 Å². The van der Waals surface area contributed by atoms with Gasteiger partial charge in [0.15, 0.2) is 0 Å². The number of carbonyl (C=O) groups is 3. The van der Waals surface area contributed by atoms with Crippen LogP contribution in [0.4, 0.5) is 4.79 Å². The van der Waals surface area contributed by atoms with E-state index in [1.165, 1.54) is 0 Å². The molecule has 0 fully saturated rings. The number of amides is 2. The van der Waals surface area contributed by atoms with Crippen molar-refractivity contribution in [1.29, 1.82) is 0 Å². The van der Waals surface area contributed by atoms with Crippen LogP contribution in [0, 0.1) is 11.3 Å². The number of hydrogen-bond acceptors (Lipinski definition) is 5. The molecule has 2 amide bonds. The van der Waals surface area contributed by atoms with Gasteiger partial charge in [-0.15, -0.1) is 0 Å². The maximum Gasteiger partial charge on any atom is 0.407 e. The van der Waals surface area contributed by atoms with Gasteiger partial charge < -0.3 is 25.2 Å². The highest BCUT2D eigenvalue weighted by atomic mass is 16.5. The Morgan fingerprint density at radius 3 is 1.93 bits per heavy atom. The molecule has 222 valence electrons. The predicted molar refractivity (Wildman–Crippen MR) is 161 cm³/mol. The normalized spacial score (nSPS) is 14.8. The standard InChI is InChI=1S/C34H40N2O6/c1-21(2)30(34(4,5)32(38)39)36-31(37)29(22(3)41-19-23-13-7-6-8-14-23)35-33(40)42-20-28-26-17-11-9-15-24(26)25-16-10-12-18-27(25)28/h6-18,21-22,28-30H,19-20H2,1-5H3,(H,35,40)(H,36,37)(H,38,39)/t22-,29+,30?/m0/s1. The molecule has 3 N–H and O–H groups in total. The Hall–Kier alpha value is -4.17. The fourth-order valence-electron chi connectivity index (χ4n) is 5.62. The van der Waals surface area contributed by atoms with Crippen molar-refractivity contribution < 1.29 is 29.0 Å². The van der Waals surface area contributed by atoms with E-state index in [0.717, 1.165) is 27.8 Å². The molecule has 0 spiro atoms. The molecule has 0 aromatic heterocycles. The number of fused-ring (bicyclic) bond motifs is 3. The third-order valence-electron chi connectivity index (χ3n) is 8.02. The lowest BCUT2D eigenvalue weighted by atomic mass is 9.78. The molecule has 3 aromatic carbocycles. The van der Waals surface area contributed by atoms with Crippen LogP contribution in [-0.4, -0.2) is 47.9 Å². The van der Waals surface area contributed by atoms with Crippen molar-refractivity contribution in [3.63, 3.8) is 0 Å². The molecule has 0 radical (unpaired) electrons. The van der Waals surface area contributed by atoms with Gasteiger partial charge in [-0.05, 0) is 54.5 Å². The van der Waals surface area contributed by atoms with Crippen molar-refractivity contribution >= 4 is 18.0 Å². The molecule has 0 saturated carbocycles. The molecule has 1 unspecified atom stereocenters.